The number of aryl methyl sites for hydroxylation is 1. The van der Waals surface area contributed by atoms with Crippen molar-refractivity contribution < 1.29 is 4.79 Å². The highest BCUT2D eigenvalue weighted by Crippen LogP contribution is 2.24. The lowest BCUT2D eigenvalue weighted by atomic mass is 9.90. The summed E-state index contributed by atoms with van der Waals surface area (Å²) in [4.78, 5) is 21.2. The summed E-state index contributed by atoms with van der Waals surface area (Å²) in [7, 11) is 0. The monoisotopic (exact) mass is 376 g/mol. The Hall–Kier alpha value is -2.66. The normalized spacial score (nSPS) is 15.8. The third kappa shape index (κ3) is 4.78. The summed E-state index contributed by atoms with van der Waals surface area (Å²) < 4.78 is 0. The van der Waals surface area contributed by atoms with Crippen molar-refractivity contribution in [3.63, 3.8) is 0 Å². The maximum Gasteiger partial charge on any atom is 0.222 e. The molecule has 4 rings (SSSR count). The van der Waals surface area contributed by atoms with Crippen LogP contribution in [0.2, 0.25) is 0 Å². The fourth-order valence-electron chi connectivity index (χ4n) is 4.14. The van der Waals surface area contributed by atoms with Crippen LogP contribution in [0.25, 0.3) is 10.9 Å². The first-order chi connectivity index (χ1) is 13.7. The van der Waals surface area contributed by atoms with Gasteiger partial charge in [0.25, 0.3) is 0 Å². The van der Waals surface area contributed by atoms with Gasteiger partial charge in [-0.2, -0.15) is 0 Å². The van der Waals surface area contributed by atoms with Crippen LogP contribution in [0.15, 0.2) is 48.8 Å². The Kier molecular flexibility index (Phi) is 5.72. The molecule has 1 aliphatic rings. The zero-order chi connectivity index (χ0) is 19.3. The molecular weight excluding hydrogens is 348 g/mol. The Morgan fingerprint density at radius 1 is 1.18 bits per heavy atom. The van der Waals surface area contributed by atoms with Crippen molar-refractivity contribution in [2.75, 3.05) is 18.4 Å². The number of aromatic nitrogens is 2. The number of benzene rings is 1. The maximum atomic E-state index is 11.2. The number of hydrogen-bond donors (Lipinski definition) is 2. The molecular formula is C23H28N4O. The molecule has 0 radical (unpaired) electrons. The molecule has 0 aliphatic carbocycles. The molecule has 0 atom stereocenters. The molecule has 0 bridgehead atoms. The van der Waals surface area contributed by atoms with Crippen molar-refractivity contribution in [3.8, 4) is 0 Å². The average Bonchev–Trinajstić information content (AvgIpc) is 3.15. The quantitative estimate of drug-likeness (QED) is 0.672. The van der Waals surface area contributed by atoms with Crippen LogP contribution >= 0.6 is 0 Å². The van der Waals surface area contributed by atoms with Crippen LogP contribution in [0, 0.1) is 5.92 Å². The third-order valence-corrected chi connectivity index (χ3v) is 5.70. The van der Waals surface area contributed by atoms with E-state index >= 15 is 0 Å². The van der Waals surface area contributed by atoms with Crippen molar-refractivity contribution in [2.45, 2.75) is 39.2 Å². The van der Waals surface area contributed by atoms with E-state index in [0.717, 1.165) is 18.9 Å². The largest absolute Gasteiger partial charge is 0.361 e. The molecule has 3 heterocycles. The van der Waals surface area contributed by atoms with E-state index < -0.39 is 0 Å². The molecule has 0 spiro atoms. The van der Waals surface area contributed by atoms with E-state index in [-0.39, 0.29) is 5.91 Å². The zero-order valence-corrected chi connectivity index (χ0v) is 16.4. The molecule has 1 aromatic carbocycles. The smallest absolute Gasteiger partial charge is 0.222 e. The van der Waals surface area contributed by atoms with Crippen LogP contribution in [-0.4, -0.2) is 33.9 Å². The number of likely N-dealkylation sites (tertiary alicyclic amines) is 1. The lowest BCUT2D eigenvalue weighted by molar-refractivity contribution is -0.114. The number of hydrogen-bond acceptors (Lipinski definition) is 3. The lowest BCUT2D eigenvalue weighted by Crippen LogP contribution is -2.33. The van der Waals surface area contributed by atoms with Gasteiger partial charge in [-0.3, -0.25) is 9.69 Å². The van der Waals surface area contributed by atoms with Gasteiger partial charge >= 0.3 is 0 Å². The number of aromatic amines is 1. The number of carbonyl (C=O) groups excluding carboxylic acids is 1. The number of rotatable bonds is 6. The molecule has 1 amide bonds. The molecule has 0 saturated carbocycles. The first kappa shape index (κ1) is 18.7. The van der Waals surface area contributed by atoms with E-state index in [1.165, 1.54) is 61.3 Å². The van der Waals surface area contributed by atoms with Gasteiger partial charge in [0.2, 0.25) is 5.91 Å². The summed E-state index contributed by atoms with van der Waals surface area (Å²) in [6, 6.07) is 12.9. The second-order valence-electron chi connectivity index (χ2n) is 7.89. The van der Waals surface area contributed by atoms with Gasteiger partial charge in [-0.15, -0.1) is 0 Å². The predicted octanol–water partition coefficient (Wildman–Crippen LogP) is 4.37. The van der Waals surface area contributed by atoms with Gasteiger partial charge in [-0.25, -0.2) is 4.98 Å². The van der Waals surface area contributed by atoms with E-state index in [9.17, 15) is 4.79 Å². The Bertz CT molecular complexity index is 940. The first-order valence-electron chi connectivity index (χ1n) is 10.2. The summed E-state index contributed by atoms with van der Waals surface area (Å²) in [5.41, 5.74) is 3.86. The first-order valence-corrected chi connectivity index (χ1v) is 10.2. The summed E-state index contributed by atoms with van der Waals surface area (Å²) in [6.45, 7) is 4.89. The van der Waals surface area contributed by atoms with Crippen molar-refractivity contribution in [1.29, 1.82) is 0 Å². The fourth-order valence-corrected chi connectivity index (χ4v) is 4.14. The summed E-state index contributed by atoms with van der Waals surface area (Å²) in [6.07, 6.45) is 8.55. The fraction of sp³-hybridized carbons (Fsp3) is 0.391. The number of carbonyl (C=O) groups is 1. The Balaban J connectivity index is 1.24. The highest BCUT2D eigenvalue weighted by Gasteiger charge is 2.19. The molecule has 1 fully saturated rings. The molecule has 146 valence electrons. The van der Waals surface area contributed by atoms with Gasteiger partial charge < -0.3 is 10.3 Å². The van der Waals surface area contributed by atoms with E-state index in [4.69, 9.17) is 0 Å². The standard InChI is InChI=1S/C23H28N4O/c1-17(28)26-23-15-19(6-10-25-23)3-2-18-8-12-27(13-9-18)16-20-4-5-22-21(14-20)7-11-24-22/h4-7,10-11,14-15,18,24H,2-3,8-9,12-13,16H2,1H3,(H,25,26,28). The Morgan fingerprint density at radius 3 is 2.86 bits per heavy atom. The summed E-state index contributed by atoms with van der Waals surface area (Å²) in [5, 5.41) is 4.06. The van der Waals surface area contributed by atoms with Gasteiger partial charge in [-0.05, 0) is 91.5 Å². The molecule has 2 aromatic heterocycles. The molecule has 1 aliphatic heterocycles. The minimum atomic E-state index is -0.0762. The van der Waals surface area contributed by atoms with Gasteiger partial charge in [0.15, 0.2) is 0 Å². The number of nitrogens with zero attached hydrogens (tertiary/aromatic N) is 2. The van der Waals surface area contributed by atoms with Crippen LogP contribution in [0.1, 0.15) is 37.3 Å². The topological polar surface area (TPSA) is 61.0 Å². The van der Waals surface area contributed by atoms with Crippen LogP contribution < -0.4 is 5.32 Å². The molecule has 2 N–H and O–H groups in total. The molecule has 1 saturated heterocycles. The van der Waals surface area contributed by atoms with E-state index in [1.807, 2.05) is 12.3 Å². The molecule has 28 heavy (non-hydrogen) atoms. The summed E-state index contributed by atoms with van der Waals surface area (Å²) in [5.74, 6) is 1.35. The number of nitrogens with one attached hydrogen (secondary N) is 2. The van der Waals surface area contributed by atoms with Gasteiger partial charge in [-0.1, -0.05) is 6.07 Å². The van der Waals surface area contributed by atoms with Crippen LogP contribution in [-0.2, 0) is 17.8 Å². The number of amides is 1. The lowest BCUT2D eigenvalue weighted by Gasteiger charge is -2.32. The predicted molar refractivity (Wildman–Crippen MR) is 113 cm³/mol. The number of pyridine rings is 1. The van der Waals surface area contributed by atoms with Crippen LogP contribution in [0.3, 0.4) is 0 Å². The molecule has 0 unspecified atom stereocenters. The molecule has 3 aromatic rings. The summed E-state index contributed by atoms with van der Waals surface area (Å²) >= 11 is 0. The van der Waals surface area contributed by atoms with Crippen molar-refractivity contribution >= 4 is 22.6 Å². The van der Waals surface area contributed by atoms with Crippen molar-refractivity contribution in [1.82, 2.24) is 14.9 Å². The van der Waals surface area contributed by atoms with E-state index in [1.54, 1.807) is 6.20 Å². The van der Waals surface area contributed by atoms with Gasteiger partial charge in [0.05, 0.1) is 0 Å². The van der Waals surface area contributed by atoms with Gasteiger partial charge in [0, 0.05) is 31.4 Å². The minimum absolute atomic E-state index is 0.0762. The number of piperidine rings is 1. The third-order valence-electron chi connectivity index (χ3n) is 5.70. The van der Waals surface area contributed by atoms with Crippen molar-refractivity contribution in [3.05, 3.63) is 59.9 Å². The average molecular weight is 377 g/mol. The highest BCUT2D eigenvalue weighted by atomic mass is 16.1. The highest BCUT2D eigenvalue weighted by molar-refractivity contribution is 5.87. The number of anilines is 1. The number of fused-ring (bicyclic) bond motifs is 1. The number of H-pyrrole nitrogens is 1. The Labute approximate surface area is 166 Å². The molecule has 5 heteroatoms. The van der Waals surface area contributed by atoms with Crippen LogP contribution in [0.4, 0.5) is 5.82 Å². The van der Waals surface area contributed by atoms with Crippen LogP contribution in [0.5, 0.6) is 0 Å². The Morgan fingerprint density at radius 2 is 2.04 bits per heavy atom. The maximum absolute atomic E-state index is 11.2. The SMILES string of the molecule is CC(=O)Nc1cc(CCC2CCN(Cc3ccc4[nH]ccc4c3)CC2)ccn1. The van der Waals surface area contributed by atoms with Crippen molar-refractivity contribution in [2.24, 2.45) is 5.92 Å². The molecule has 5 nitrogen and oxygen atoms in total. The van der Waals surface area contributed by atoms with Gasteiger partial charge in [0.1, 0.15) is 5.82 Å². The second kappa shape index (κ2) is 8.57. The van der Waals surface area contributed by atoms with E-state index in [2.05, 4.69) is 50.5 Å². The zero-order valence-electron chi connectivity index (χ0n) is 16.4. The minimum Gasteiger partial charge on any atom is -0.361 e. The van der Waals surface area contributed by atoms with E-state index in [0.29, 0.717) is 5.82 Å². The second-order valence-corrected chi connectivity index (χ2v) is 7.89.